The highest BCUT2D eigenvalue weighted by Crippen LogP contribution is 2.22. The smallest absolute Gasteiger partial charge is 0.153 e. The first-order valence-corrected chi connectivity index (χ1v) is 7.53. The predicted octanol–water partition coefficient (Wildman–Crippen LogP) is 4.30. The van der Waals surface area contributed by atoms with Crippen LogP contribution in [0.5, 0.6) is 0 Å². The Kier molecular flexibility index (Phi) is 4.22. The third-order valence-electron chi connectivity index (χ3n) is 2.98. The normalized spacial score (nSPS) is 10.6. The number of hydrogen-bond acceptors (Lipinski definition) is 3. The number of aromatic nitrogens is 3. The Labute approximate surface area is 135 Å². The molecule has 0 radical (unpaired) electrons. The van der Waals surface area contributed by atoms with Crippen LogP contribution < -0.4 is 5.32 Å². The van der Waals surface area contributed by atoms with Gasteiger partial charge < -0.3 is 5.32 Å². The molecule has 106 valence electrons. The molecular weight excluding hydrogens is 352 g/mol. The Morgan fingerprint density at radius 1 is 1.24 bits per heavy atom. The molecule has 2 heterocycles. The minimum absolute atomic E-state index is 0.640. The maximum Gasteiger partial charge on any atom is 0.153 e. The Balaban J connectivity index is 1.70. The van der Waals surface area contributed by atoms with Gasteiger partial charge >= 0.3 is 0 Å². The van der Waals surface area contributed by atoms with Crippen molar-refractivity contribution in [3.63, 3.8) is 0 Å². The van der Waals surface area contributed by atoms with Crippen LogP contribution in [0.15, 0.2) is 59.5 Å². The summed E-state index contributed by atoms with van der Waals surface area (Å²) in [4.78, 5) is 4.37. The second kappa shape index (κ2) is 6.28. The number of rotatable bonds is 4. The topological polar surface area (TPSA) is 42.7 Å². The van der Waals surface area contributed by atoms with Crippen molar-refractivity contribution in [2.75, 3.05) is 5.32 Å². The summed E-state index contributed by atoms with van der Waals surface area (Å²) in [7, 11) is 0. The molecule has 0 aliphatic rings. The lowest BCUT2D eigenvalue weighted by molar-refractivity contribution is 0.847. The molecule has 0 amide bonds. The first-order chi connectivity index (χ1) is 10.2. The third kappa shape index (κ3) is 3.43. The molecule has 2 aromatic heterocycles. The van der Waals surface area contributed by atoms with Gasteiger partial charge in [0.1, 0.15) is 0 Å². The van der Waals surface area contributed by atoms with Crippen molar-refractivity contribution < 1.29 is 0 Å². The molecule has 0 saturated carbocycles. The van der Waals surface area contributed by atoms with Gasteiger partial charge in [-0.25, -0.2) is 9.67 Å². The van der Waals surface area contributed by atoms with Gasteiger partial charge in [-0.2, -0.15) is 5.10 Å². The first kappa shape index (κ1) is 14.1. The molecular formula is C15H12BrClN4. The number of anilines is 1. The molecule has 21 heavy (non-hydrogen) atoms. The van der Waals surface area contributed by atoms with E-state index in [1.54, 1.807) is 17.1 Å². The van der Waals surface area contributed by atoms with Crippen molar-refractivity contribution in [2.24, 2.45) is 0 Å². The highest BCUT2D eigenvalue weighted by molar-refractivity contribution is 9.10. The number of halogens is 2. The lowest BCUT2D eigenvalue weighted by atomic mass is 10.2. The molecule has 3 rings (SSSR count). The summed E-state index contributed by atoms with van der Waals surface area (Å²) in [5, 5.41) is 8.19. The second-order valence-corrected chi connectivity index (χ2v) is 5.77. The quantitative estimate of drug-likeness (QED) is 0.751. The average molecular weight is 364 g/mol. The number of benzene rings is 1. The zero-order valence-corrected chi connectivity index (χ0v) is 13.3. The second-order valence-electron chi connectivity index (χ2n) is 4.44. The van der Waals surface area contributed by atoms with Crippen LogP contribution in [-0.4, -0.2) is 14.8 Å². The molecule has 0 saturated heterocycles. The summed E-state index contributed by atoms with van der Waals surface area (Å²) in [6, 6.07) is 11.5. The van der Waals surface area contributed by atoms with Crippen molar-refractivity contribution in [1.29, 1.82) is 0 Å². The molecule has 6 heteroatoms. The van der Waals surface area contributed by atoms with Crippen LogP contribution >= 0.6 is 27.5 Å². The summed E-state index contributed by atoms with van der Waals surface area (Å²) < 4.78 is 2.73. The van der Waals surface area contributed by atoms with Crippen molar-refractivity contribution >= 4 is 33.2 Å². The van der Waals surface area contributed by atoms with E-state index in [-0.39, 0.29) is 0 Å². The van der Waals surface area contributed by atoms with Gasteiger partial charge in [0.2, 0.25) is 0 Å². The van der Waals surface area contributed by atoms with E-state index in [4.69, 9.17) is 11.6 Å². The monoisotopic (exact) mass is 362 g/mol. The van der Waals surface area contributed by atoms with Gasteiger partial charge in [0.05, 0.1) is 11.9 Å². The Morgan fingerprint density at radius 3 is 2.86 bits per heavy atom. The average Bonchev–Trinajstić information content (AvgIpc) is 3.03. The molecule has 4 nitrogen and oxygen atoms in total. The van der Waals surface area contributed by atoms with Crippen LogP contribution in [0.25, 0.3) is 5.82 Å². The molecule has 3 aromatic rings. The molecule has 0 fully saturated rings. The molecule has 0 unspecified atom stereocenters. The van der Waals surface area contributed by atoms with E-state index >= 15 is 0 Å². The van der Waals surface area contributed by atoms with E-state index < -0.39 is 0 Å². The molecule has 1 N–H and O–H groups in total. The van der Waals surface area contributed by atoms with Crippen molar-refractivity contribution in [3.8, 4) is 5.82 Å². The summed E-state index contributed by atoms with van der Waals surface area (Å²) in [6.45, 7) is 0.640. The van der Waals surface area contributed by atoms with Gasteiger partial charge in [-0.3, -0.25) is 0 Å². The number of pyridine rings is 1. The molecule has 0 aliphatic carbocycles. The van der Waals surface area contributed by atoms with Crippen LogP contribution in [0.4, 0.5) is 5.69 Å². The van der Waals surface area contributed by atoms with Crippen LogP contribution in [0, 0.1) is 0 Å². The van der Waals surface area contributed by atoms with E-state index in [0.717, 1.165) is 26.6 Å². The highest BCUT2D eigenvalue weighted by Gasteiger charge is 2.02. The Bertz CT molecular complexity index is 726. The van der Waals surface area contributed by atoms with Crippen LogP contribution in [0.2, 0.25) is 5.02 Å². The van der Waals surface area contributed by atoms with E-state index in [1.807, 2.05) is 42.6 Å². The van der Waals surface area contributed by atoms with Crippen molar-refractivity contribution in [1.82, 2.24) is 14.8 Å². The SMILES string of the molecule is Clc1ccc(Br)cc1CNc1ccc(-n2cccn2)nc1. The fourth-order valence-corrected chi connectivity index (χ4v) is 2.50. The van der Waals surface area contributed by atoms with Gasteiger partial charge in [0.15, 0.2) is 5.82 Å². The summed E-state index contributed by atoms with van der Waals surface area (Å²) in [5.41, 5.74) is 1.96. The number of hydrogen-bond donors (Lipinski definition) is 1. The van der Waals surface area contributed by atoms with Crippen molar-refractivity contribution in [3.05, 3.63) is 70.0 Å². The zero-order valence-electron chi connectivity index (χ0n) is 11.0. The van der Waals surface area contributed by atoms with Gasteiger partial charge in [0.25, 0.3) is 0 Å². The van der Waals surface area contributed by atoms with Crippen LogP contribution in [0.3, 0.4) is 0 Å². The van der Waals surface area contributed by atoms with Crippen LogP contribution in [0.1, 0.15) is 5.56 Å². The predicted molar refractivity (Wildman–Crippen MR) is 87.8 cm³/mol. The fourth-order valence-electron chi connectivity index (χ4n) is 1.91. The molecule has 0 atom stereocenters. The lowest BCUT2D eigenvalue weighted by Crippen LogP contribution is -2.02. The maximum atomic E-state index is 6.17. The number of nitrogens with one attached hydrogen (secondary N) is 1. The summed E-state index contributed by atoms with van der Waals surface area (Å²) in [5.74, 6) is 0.783. The summed E-state index contributed by atoms with van der Waals surface area (Å²) >= 11 is 9.61. The molecule has 0 aliphatic heterocycles. The van der Waals surface area contributed by atoms with Gasteiger partial charge in [-0.15, -0.1) is 0 Å². The van der Waals surface area contributed by atoms with Crippen molar-refractivity contribution in [2.45, 2.75) is 6.54 Å². The molecule has 0 spiro atoms. The summed E-state index contributed by atoms with van der Waals surface area (Å²) in [6.07, 6.45) is 5.36. The van der Waals surface area contributed by atoms with Gasteiger partial charge in [-0.05, 0) is 42.0 Å². The first-order valence-electron chi connectivity index (χ1n) is 6.36. The van der Waals surface area contributed by atoms with Gasteiger partial charge in [-0.1, -0.05) is 27.5 Å². The van der Waals surface area contributed by atoms with Gasteiger partial charge in [0, 0.05) is 28.4 Å². The zero-order chi connectivity index (χ0) is 14.7. The van der Waals surface area contributed by atoms with E-state index in [0.29, 0.717) is 6.54 Å². The van der Waals surface area contributed by atoms with E-state index in [2.05, 4.69) is 31.3 Å². The van der Waals surface area contributed by atoms with E-state index in [1.165, 1.54) is 0 Å². The largest absolute Gasteiger partial charge is 0.380 e. The lowest BCUT2D eigenvalue weighted by Gasteiger charge is -2.09. The minimum Gasteiger partial charge on any atom is -0.380 e. The Hall–Kier alpha value is -1.85. The highest BCUT2D eigenvalue weighted by atomic mass is 79.9. The number of nitrogens with zero attached hydrogens (tertiary/aromatic N) is 3. The third-order valence-corrected chi connectivity index (χ3v) is 3.84. The van der Waals surface area contributed by atoms with Crippen LogP contribution in [-0.2, 0) is 6.54 Å². The maximum absolute atomic E-state index is 6.17. The van der Waals surface area contributed by atoms with E-state index in [9.17, 15) is 0 Å². The Morgan fingerprint density at radius 2 is 2.14 bits per heavy atom. The standard InChI is InChI=1S/C15H12BrClN4/c16-12-2-4-14(17)11(8-12)9-18-13-3-5-15(19-10-13)21-7-1-6-20-21/h1-8,10,18H,9H2. The minimum atomic E-state index is 0.640. The fraction of sp³-hybridized carbons (Fsp3) is 0.0667. The molecule has 1 aromatic carbocycles. The molecule has 0 bridgehead atoms.